The first-order chi connectivity index (χ1) is 14.4. The van der Waals surface area contributed by atoms with Crippen LogP contribution in [0.4, 0.5) is 29.3 Å². The smallest absolute Gasteiger partial charge is 0.407 e. The van der Waals surface area contributed by atoms with Crippen molar-refractivity contribution in [1.82, 2.24) is 10.2 Å². The van der Waals surface area contributed by atoms with E-state index in [4.69, 9.17) is 4.74 Å². The predicted octanol–water partition coefficient (Wildman–Crippen LogP) is 4.80. The molecule has 0 spiro atoms. The lowest BCUT2D eigenvalue weighted by molar-refractivity contribution is 0.0357. The molecule has 0 bridgehead atoms. The molecule has 1 aliphatic rings. The fraction of sp³-hybridized carbons (Fsp3) is 0.333. The predicted molar refractivity (Wildman–Crippen MR) is 118 cm³/mol. The molecule has 0 atom stereocenters. The van der Waals surface area contributed by atoms with E-state index in [9.17, 15) is 22.8 Å². The summed E-state index contributed by atoms with van der Waals surface area (Å²) in [7, 11) is 0. The second-order valence-corrected chi connectivity index (χ2v) is 9.36. The van der Waals surface area contributed by atoms with Gasteiger partial charge >= 0.3 is 6.09 Å². The van der Waals surface area contributed by atoms with Gasteiger partial charge in [-0.3, -0.25) is 4.79 Å². The van der Waals surface area contributed by atoms with E-state index in [1.807, 2.05) is 22.6 Å². The lowest BCUT2D eigenvalue weighted by atomic mass is 10.0. The summed E-state index contributed by atoms with van der Waals surface area (Å²) in [6, 6.07) is 5.46. The van der Waals surface area contributed by atoms with Crippen molar-refractivity contribution in [3.63, 3.8) is 0 Å². The maximum absolute atomic E-state index is 14.5. The van der Waals surface area contributed by atoms with Crippen LogP contribution in [-0.2, 0) is 4.74 Å². The standard InChI is InChI=1S/C21H21F3IN3O3/c1-21(2,3)31-20(30)26-13-9-28(10-13)19(29)18-15(24)6-11(22)7-17(18)27-16-5-4-12(25)8-14(16)23/h4-8,13,27H,9-10H2,1-3H3,(H,26,30). The second kappa shape index (κ2) is 8.93. The van der Waals surface area contributed by atoms with Gasteiger partial charge < -0.3 is 20.3 Å². The lowest BCUT2D eigenvalue weighted by Gasteiger charge is -2.40. The van der Waals surface area contributed by atoms with Crippen LogP contribution >= 0.6 is 22.6 Å². The van der Waals surface area contributed by atoms with Crippen LogP contribution in [-0.4, -0.2) is 41.6 Å². The van der Waals surface area contributed by atoms with E-state index in [0.29, 0.717) is 9.64 Å². The molecule has 0 saturated carbocycles. The van der Waals surface area contributed by atoms with Gasteiger partial charge in [0.2, 0.25) is 0 Å². The van der Waals surface area contributed by atoms with E-state index in [0.717, 1.165) is 6.07 Å². The first kappa shape index (κ1) is 23.2. The molecule has 2 N–H and O–H groups in total. The summed E-state index contributed by atoms with van der Waals surface area (Å²) in [6.07, 6.45) is -0.617. The molecule has 31 heavy (non-hydrogen) atoms. The maximum Gasteiger partial charge on any atom is 0.407 e. The van der Waals surface area contributed by atoms with E-state index in [1.165, 1.54) is 17.0 Å². The number of nitrogens with zero attached hydrogens (tertiary/aromatic N) is 1. The number of benzene rings is 2. The van der Waals surface area contributed by atoms with Gasteiger partial charge in [0.05, 0.1) is 23.0 Å². The van der Waals surface area contributed by atoms with Crippen molar-refractivity contribution < 1.29 is 27.5 Å². The number of amides is 2. The molecule has 2 aromatic carbocycles. The van der Waals surface area contributed by atoms with Crippen LogP contribution < -0.4 is 10.6 Å². The van der Waals surface area contributed by atoms with Crippen molar-refractivity contribution in [2.24, 2.45) is 0 Å². The van der Waals surface area contributed by atoms with Crippen molar-refractivity contribution in [1.29, 1.82) is 0 Å². The number of hydrogen-bond acceptors (Lipinski definition) is 4. The zero-order valence-electron chi connectivity index (χ0n) is 17.1. The molecular weight excluding hydrogens is 526 g/mol. The molecule has 0 aliphatic carbocycles. The first-order valence-electron chi connectivity index (χ1n) is 9.43. The van der Waals surface area contributed by atoms with Crippen molar-refractivity contribution >= 4 is 46.0 Å². The molecule has 6 nitrogen and oxygen atoms in total. The number of anilines is 2. The minimum Gasteiger partial charge on any atom is -0.444 e. The molecule has 3 rings (SSSR count). The van der Waals surface area contributed by atoms with Gasteiger partial charge in [-0.25, -0.2) is 18.0 Å². The SMILES string of the molecule is CC(C)(C)OC(=O)NC1CN(C(=O)c2c(F)cc(F)cc2Nc2ccc(I)cc2F)C1. The number of halogens is 4. The Morgan fingerprint density at radius 1 is 1.06 bits per heavy atom. The highest BCUT2D eigenvalue weighted by atomic mass is 127. The van der Waals surface area contributed by atoms with Crippen molar-refractivity contribution in [2.75, 3.05) is 18.4 Å². The Labute approximate surface area is 191 Å². The summed E-state index contributed by atoms with van der Waals surface area (Å²) in [6.45, 7) is 5.45. The first-order valence-corrected chi connectivity index (χ1v) is 10.5. The average Bonchev–Trinajstić information content (AvgIpc) is 2.57. The molecule has 1 aliphatic heterocycles. The monoisotopic (exact) mass is 547 g/mol. The Bertz CT molecular complexity index is 1020. The summed E-state index contributed by atoms with van der Waals surface area (Å²) >= 11 is 1.93. The maximum atomic E-state index is 14.5. The zero-order valence-corrected chi connectivity index (χ0v) is 19.2. The van der Waals surface area contributed by atoms with Gasteiger partial charge in [0.1, 0.15) is 23.1 Å². The number of carbonyl (C=O) groups excluding carboxylic acids is 2. The summed E-state index contributed by atoms with van der Waals surface area (Å²) in [5, 5.41) is 5.23. The van der Waals surface area contributed by atoms with Crippen molar-refractivity contribution in [3.8, 4) is 0 Å². The zero-order chi connectivity index (χ0) is 22.9. The Morgan fingerprint density at radius 2 is 1.74 bits per heavy atom. The highest BCUT2D eigenvalue weighted by Crippen LogP contribution is 2.29. The van der Waals surface area contributed by atoms with Crippen molar-refractivity contribution in [2.45, 2.75) is 32.4 Å². The quantitative estimate of drug-likeness (QED) is 0.540. The number of rotatable bonds is 4. The third-order valence-corrected chi connectivity index (χ3v) is 5.03. The van der Waals surface area contributed by atoms with Crippen LogP contribution in [0.1, 0.15) is 31.1 Å². The van der Waals surface area contributed by atoms with Crippen LogP contribution in [0.3, 0.4) is 0 Å². The number of carbonyl (C=O) groups is 2. The Hall–Kier alpha value is -2.50. The van der Waals surface area contributed by atoms with E-state index in [1.54, 1.807) is 26.8 Å². The van der Waals surface area contributed by atoms with Gasteiger partial charge in [-0.05, 0) is 67.6 Å². The van der Waals surface area contributed by atoms with Gasteiger partial charge in [-0.1, -0.05) is 0 Å². The molecule has 1 fully saturated rings. The molecule has 1 saturated heterocycles. The molecule has 0 radical (unpaired) electrons. The topological polar surface area (TPSA) is 70.7 Å². The molecule has 0 aromatic heterocycles. The molecule has 0 unspecified atom stereocenters. The summed E-state index contributed by atoms with van der Waals surface area (Å²) < 4.78 is 48.3. The molecule has 166 valence electrons. The largest absolute Gasteiger partial charge is 0.444 e. The molecule has 10 heteroatoms. The Balaban J connectivity index is 1.74. The van der Waals surface area contributed by atoms with E-state index < -0.39 is 40.6 Å². The molecular formula is C21H21F3IN3O3. The fourth-order valence-electron chi connectivity index (χ4n) is 2.99. The van der Waals surface area contributed by atoms with Gasteiger partial charge in [-0.2, -0.15) is 0 Å². The van der Waals surface area contributed by atoms with Gasteiger partial charge in [0.15, 0.2) is 0 Å². The van der Waals surface area contributed by atoms with Gasteiger partial charge in [-0.15, -0.1) is 0 Å². The number of nitrogens with one attached hydrogen (secondary N) is 2. The molecule has 1 heterocycles. The van der Waals surface area contributed by atoms with Crippen molar-refractivity contribution in [3.05, 3.63) is 56.9 Å². The van der Waals surface area contributed by atoms with E-state index in [2.05, 4.69) is 10.6 Å². The van der Waals surface area contributed by atoms with E-state index >= 15 is 0 Å². The minimum atomic E-state index is -1.07. The third-order valence-electron chi connectivity index (χ3n) is 4.36. The van der Waals surface area contributed by atoms with Crippen LogP contribution in [0.2, 0.25) is 0 Å². The van der Waals surface area contributed by atoms with Crippen LogP contribution in [0, 0.1) is 21.0 Å². The lowest BCUT2D eigenvalue weighted by Crippen LogP contribution is -2.61. The molecule has 2 amide bonds. The van der Waals surface area contributed by atoms with Gasteiger partial charge in [0, 0.05) is 22.7 Å². The number of alkyl carbamates (subject to hydrolysis) is 1. The number of likely N-dealkylation sites (tertiary alicyclic amines) is 1. The highest BCUT2D eigenvalue weighted by molar-refractivity contribution is 14.1. The average molecular weight is 547 g/mol. The van der Waals surface area contributed by atoms with E-state index in [-0.39, 0.29) is 30.5 Å². The van der Waals surface area contributed by atoms with Crippen LogP contribution in [0.25, 0.3) is 0 Å². The summed E-state index contributed by atoms with van der Waals surface area (Å²) in [4.78, 5) is 26.0. The Kier molecular flexibility index (Phi) is 6.68. The van der Waals surface area contributed by atoms with Gasteiger partial charge in [0.25, 0.3) is 5.91 Å². The normalized spacial score (nSPS) is 14.1. The number of hydrogen-bond donors (Lipinski definition) is 2. The summed E-state index contributed by atoms with van der Waals surface area (Å²) in [5.74, 6) is -3.30. The summed E-state index contributed by atoms with van der Waals surface area (Å²) in [5.41, 5.74) is -1.28. The third kappa shape index (κ3) is 5.81. The molecule has 2 aromatic rings. The van der Waals surface area contributed by atoms with Crippen LogP contribution in [0.15, 0.2) is 30.3 Å². The highest BCUT2D eigenvalue weighted by Gasteiger charge is 2.35. The fourth-order valence-corrected chi connectivity index (χ4v) is 3.45. The van der Waals surface area contributed by atoms with Crippen LogP contribution in [0.5, 0.6) is 0 Å². The second-order valence-electron chi connectivity index (χ2n) is 8.11. The minimum absolute atomic E-state index is 0.0208. The number of ether oxygens (including phenoxy) is 1. The Morgan fingerprint density at radius 3 is 2.35 bits per heavy atom.